The van der Waals surface area contributed by atoms with Gasteiger partial charge in [0.05, 0.1) is 6.10 Å². The van der Waals surface area contributed by atoms with Crippen molar-refractivity contribution in [3.05, 3.63) is 35.8 Å². The Morgan fingerprint density at radius 1 is 1.33 bits per heavy atom. The molecule has 1 aliphatic rings. The van der Waals surface area contributed by atoms with Crippen molar-refractivity contribution in [2.24, 2.45) is 4.99 Å². The van der Waals surface area contributed by atoms with Crippen molar-refractivity contribution in [1.82, 2.24) is 20.5 Å². The van der Waals surface area contributed by atoms with Gasteiger partial charge in [0.25, 0.3) is 0 Å². The highest BCUT2D eigenvalue weighted by Crippen LogP contribution is 2.19. The predicted molar refractivity (Wildman–Crippen MR) is 128 cm³/mol. The standard InChI is InChI=1S/C21H30FN5O2.HI/c1-27(2)20(28)14-26-21(25-13-17-5-3-4-10-29-17)23-9-8-15-12-24-19-7-6-16(22)11-18(15)19;/h6-7,11-12,17,24H,3-5,8-10,13-14H2,1-2H3,(H2,23,25,26);1H. The van der Waals surface area contributed by atoms with Gasteiger partial charge in [-0.3, -0.25) is 4.79 Å². The number of carbonyl (C=O) groups is 1. The van der Waals surface area contributed by atoms with Crippen molar-refractivity contribution in [1.29, 1.82) is 0 Å². The van der Waals surface area contributed by atoms with Crippen LogP contribution in [0, 0.1) is 5.82 Å². The molecule has 1 unspecified atom stereocenters. The molecule has 7 nitrogen and oxygen atoms in total. The number of aromatic amines is 1. The van der Waals surface area contributed by atoms with Crippen molar-refractivity contribution in [2.45, 2.75) is 31.8 Å². The van der Waals surface area contributed by atoms with Crippen LogP contribution in [0.15, 0.2) is 29.4 Å². The largest absolute Gasteiger partial charge is 0.376 e. The molecule has 3 rings (SSSR count). The van der Waals surface area contributed by atoms with E-state index in [0.717, 1.165) is 35.9 Å². The van der Waals surface area contributed by atoms with Crippen LogP contribution in [0.25, 0.3) is 10.9 Å². The van der Waals surface area contributed by atoms with E-state index in [9.17, 15) is 9.18 Å². The smallest absolute Gasteiger partial charge is 0.243 e. The Morgan fingerprint density at radius 3 is 2.90 bits per heavy atom. The molecule has 30 heavy (non-hydrogen) atoms. The number of hydrogen-bond acceptors (Lipinski definition) is 3. The van der Waals surface area contributed by atoms with Gasteiger partial charge >= 0.3 is 0 Å². The van der Waals surface area contributed by atoms with Gasteiger partial charge < -0.3 is 25.3 Å². The summed E-state index contributed by atoms with van der Waals surface area (Å²) in [4.78, 5) is 21.0. The van der Waals surface area contributed by atoms with Crippen LogP contribution in [-0.2, 0) is 16.0 Å². The molecule has 0 bridgehead atoms. The second-order valence-corrected chi connectivity index (χ2v) is 7.50. The average Bonchev–Trinajstić information content (AvgIpc) is 3.12. The number of likely N-dealkylation sites (N-methyl/N-ethyl adjacent to an activating group) is 1. The van der Waals surface area contributed by atoms with Crippen molar-refractivity contribution >= 4 is 46.7 Å². The summed E-state index contributed by atoms with van der Waals surface area (Å²) in [5.41, 5.74) is 1.95. The molecular formula is C21H31FIN5O2. The number of ether oxygens (including phenoxy) is 1. The summed E-state index contributed by atoms with van der Waals surface area (Å²) in [7, 11) is 3.43. The lowest BCUT2D eigenvalue weighted by molar-refractivity contribution is -0.127. The van der Waals surface area contributed by atoms with E-state index in [-0.39, 0.29) is 48.3 Å². The number of carbonyl (C=O) groups excluding carboxylic acids is 1. The lowest BCUT2D eigenvalue weighted by Gasteiger charge is -2.24. The number of aliphatic imine (C=N–C) groups is 1. The summed E-state index contributed by atoms with van der Waals surface area (Å²) < 4.78 is 19.3. The molecule has 1 aliphatic heterocycles. The van der Waals surface area contributed by atoms with Crippen LogP contribution in [0.2, 0.25) is 0 Å². The SMILES string of the molecule is CN(C)C(=O)CN=C(NCCc1c[nH]c2ccc(F)cc12)NCC1CCCCO1.I. The number of rotatable bonds is 7. The summed E-state index contributed by atoms with van der Waals surface area (Å²) >= 11 is 0. The molecule has 1 aromatic carbocycles. The molecular weight excluding hydrogens is 500 g/mol. The molecule has 0 radical (unpaired) electrons. The number of nitrogens with one attached hydrogen (secondary N) is 3. The number of nitrogens with zero attached hydrogens (tertiary/aromatic N) is 2. The van der Waals surface area contributed by atoms with Gasteiger partial charge in [0, 0.05) is 50.9 Å². The zero-order chi connectivity index (χ0) is 20.6. The van der Waals surface area contributed by atoms with Gasteiger partial charge in [-0.25, -0.2) is 9.38 Å². The van der Waals surface area contributed by atoms with E-state index in [1.807, 2.05) is 6.20 Å². The number of amides is 1. The van der Waals surface area contributed by atoms with Crippen LogP contribution in [0.5, 0.6) is 0 Å². The van der Waals surface area contributed by atoms with Crippen LogP contribution in [0.1, 0.15) is 24.8 Å². The van der Waals surface area contributed by atoms with Crippen LogP contribution in [-0.4, -0.2) is 68.2 Å². The molecule has 3 N–H and O–H groups in total. The third-order valence-corrected chi connectivity index (χ3v) is 5.06. The Hall–Kier alpha value is -1.88. The summed E-state index contributed by atoms with van der Waals surface area (Å²) in [5.74, 6) is 0.275. The van der Waals surface area contributed by atoms with Crippen molar-refractivity contribution in [3.8, 4) is 0 Å². The molecule has 9 heteroatoms. The van der Waals surface area contributed by atoms with E-state index in [1.54, 1.807) is 26.2 Å². The Morgan fingerprint density at radius 2 is 2.17 bits per heavy atom. The summed E-state index contributed by atoms with van der Waals surface area (Å²) in [5, 5.41) is 7.45. The molecule has 1 saturated heterocycles. The zero-order valence-corrected chi connectivity index (χ0v) is 19.9. The third kappa shape index (κ3) is 7.12. The second kappa shape index (κ2) is 12.1. The fourth-order valence-corrected chi connectivity index (χ4v) is 3.31. The van der Waals surface area contributed by atoms with Gasteiger partial charge in [-0.05, 0) is 49.4 Å². The van der Waals surface area contributed by atoms with E-state index >= 15 is 0 Å². The Bertz CT molecular complexity index is 849. The number of H-pyrrole nitrogens is 1. The number of guanidine groups is 1. The molecule has 1 atom stereocenters. The maximum atomic E-state index is 13.6. The first-order chi connectivity index (χ1) is 14.0. The van der Waals surface area contributed by atoms with E-state index in [2.05, 4.69) is 20.6 Å². The van der Waals surface area contributed by atoms with Crippen molar-refractivity contribution in [2.75, 3.05) is 40.3 Å². The first-order valence-corrected chi connectivity index (χ1v) is 10.1. The van der Waals surface area contributed by atoms with Gasteiger partial charge in [-0.2, -0.15) is 0 Å². The molecule has 166 valence electrons. The number of aromatic nitrogens is 1. The number of fused-ring (bicyclic) bond motifs is 1. The van der Waals surface area contributed by atoms with E-state index in [0.29, 0.717) is 25.5 Å². The number of hydrogen-bond donors (Lipinski definition) is 3. The first-order valence-electron chi connectivity index (χ1n) is 10.1. The summed E-state index contributed by atoms with van der Waals surface area (Å²) in [6, 6.07) is 4.74. The summed E-state index contributed by atoms with van der Waals surface area (Å²) in [6.45, 7) is 2.13. The van der Waals surface area contributed by atoms with Crippen LogP contribution < -0.4 is 10.6 Å². The summed E-state index contributed by atoms with van der Waals surface area (Å²) in [6.07, 6.45) is 6.07. The minimum absolute atomic E-state index is 0. The first kappa shape index (κ1) is 24.4. The highest BCUT2D eigenvalue weighted by Gasteiger charge is 2.14. The third-order valence-electron chi connectivity index (χ3n) is 5.06. The molecule has 0 aliphatic carbocycles. The second-order valence-electron chi connectivity index (χ2n) is 7.50. The van der Waals surface area contributed by atoms with Gasteiger partial charge in [0.15, 0.2) is 5.96 Å². The van der Waals surface area contributed by atoms with Gasteiger partial charge in [0.2, 0.25) is 5.91 Å². The van der Waals surface area contributed by atoms with Crippen LogP contribution >= 0.6 is 24.0 Å². The van der Waals surface area contributed by atoms with Crippen molar-refractivity contribution < 1.29 is 13.9 Å². The Kier molecular flexibility index (Phi) is 9.83. The quantitative estimate of drug-likeness (QED) is 0.292. The lowest BCUT2D eigenvalue weighted by atomic mass is 10.1. The molecule has 0 spiro atoms. The molecule has 2 aromatic rings. The fraction of sp³-hybridized carbons (Fsp3) is 0.524. The molecule has 2 heterocycles. The Labute approximate surface area is 193 Å². The van der Waals surface area contributed by atoms with Crippen LogP contribution in [0.4, 0.5) is 4.39 Å². The molecule has 1 fully saturated rings. The molecule has 0 saturated carbocycles. The van der Waals surface area contributed by atoms with Gasteiger partial charge in [-0.15, -0.1) is 24.0 Å². The van der Waals surface area contributed by atoms with E-state index < -0.39 is 0 Å². The zero-order valence-electron chi connectivity index (χ0n) is 17.5. The number of halogens is 2. The van der Waals surface area contributed by atoms with Gasteiger partial charge in [-0.1, -0.05) is 0 Å². The molecule has 1 amide bonds. The maximum absolute atomic E-state index is 13.6. The average molecular weight is 531 g/mol. The fourth-order valence-electron chi connectivity index (χ4n) is 3.31. The highest BCUT2D eigenvalue weighted by molar-refractivity contribution is 14.0. The molecule has 1 aromatic heterocycles. The normalized spacial score (nSPS) is 16.8. The minimum Gasteiger partial charge on any atom is -0.376 e. The highest BCUT2D eigenvalue weighted by atomic mass is 127. The maximum Gasteiger partial charge on any atom is 0.243 e. The van der Waals surface area contributed by atoms with Crippen LogP contribution in [0.3, 0.4) is 0 Å². The Balaban J connectivity index is 0.00000320. The number of benzene rings is 1. The van der Waals surface area contributed by atoms with E-state index in [1.165, 1.54) is 17.4 Å². The topological polar surface area (TPSA) is 81.8 Å². The predicted octanol–water partition coefficient (Wildman–Crippen LogP) is 2.66. The monoisotopic (exact) mass is 531 g/mol. The lowest BCUT2D eigenvalue weighted by Crippen LogP contribution is -2.43. The minimum atomic E-state index is -0.245. The van der Waals surface area contributed by atoms with Gasteiger partial charge in [0.1, 0.15) is 12.4 Å². The van der Waals surface area contributed by atoms with Crippen molar-refractivity contribution in [3.63, 3.8) is 0 Å². The van der Waals surface area contributed by atoms with E-state index in [4.69, 9.17) is 4.74 Å².